The fourth-order valence-corrected chi connectivity index (χ4v) is 1.41. The van der Waals surface area contributed by atoms with Crippen LogP contribution in [-0.4, -0.2) is 24.1 Å². The highest BCUT2D eigenvalue weighted by Crippen LogP contribution is 2.12. The Kier molecular flexibility index (Phi) is 10.8. The normalized spacial score (nSPS) is 10.1. The Morgan fingerprint density at radius 3 is 2.35 bits per heavy atom. The first kappa shape index (κ1) is 18.2. The molecular weight excluding hydrogens is 261 g/mol. The lowest BCUT2D eigenvalue weighted by Crippen LogP contribution is -2.27. The van der Waals surface area contributed by atoms with Crippen LogP contribution in [-0.2, 0) is 0 Å². The van der Waals surface area contributed by atoms with Crippen LogP contribution in [0.25, 0.3) is 0 Å². The summed E-state index contributed by atoms with van der Waals surface area (Å²) in [6, 6.07) is 10.1. The van der Waals surface area contributed by atoms with Gasteiger partial charge in [-0.3, -0.25) is 0 Å². The highest BCUT2D eigenvalue weighted by atomic mass is 35.5. The van der Waals surface area contributed by atoms with Crippen LogP contribution in [0.2, 0.25) is 0 Å². The smallest absolute Gasteiger partial charge is 0.140 e. The van der Waals surface area contributed by atoms with Crippen molar-refractivity contribution in [1.82, 2.24) is 0 Å². The zero-order valence-corrected chi connectivity index (χ0v) is 11.4. The Morgan fingerprint density at radius 2 is 1.88 bits per heavy atom. The van der Waals surface area contributed by atoms with Gasteiger partial charge in [-0.15, -0.1) is 24.8 Å². The number of rotatable bonds is 5. The summed E-state index contributed by atoms with van der Waals surface area (Å²) < 4.78 is 0. The number of hydrogen-bond donors (Lipinski definition) is 2. The second-order valence-corrected chi connectivity index (χ2v) is 3.26. The van der Waals surface area contributed by atoms with Crippen LogP contribution in [0.3, 0.4) is 0 Å². The largest absolute Gasteiger partial charge is 0.409 e. The molecule has 0 saturated carbocycles. The van der Waals surface area contributed by atoms with E-state index >= 15 is 0 Å². The molecule has 4 nitrogen and oxygen atoms in total. The average Bonchev–Trinajstić information content (AvgIpc) is 2.31. The zero-order valence-electron chi connectivity index (χ0n) is 9.74. The van der Waals surface area contributed by atoms with Crippen LogP contribution >= 0.6 is 24.8 Å². The SMILES string of the molecule is CCN(CC/C(N)=N/O)c1ccccc1.Cl.Cl. The van der Waals surface area contributed by atoms with Crippen molar-refractivity contribution >= 4 is 36.3 Å². The summed E-state index contributed by atoms with van der Waals surface area (Å²) in [6.07, 6.45) is 0.569. The van der Waals surface area contributed by atoms with E-state index in [0.29, 0.717) is 6.42 Å². The van der Waals surface area contributed by atoms with E-state index in [0.717, 1.165) is 18.8 Å². The topological polar surface area (TPSA) is 61.8 Å². The maximum atomic E-state index is 8.44. The Balaban J connectivity index is 0. The van der Waals surface area contributed by atoms with Gasteiger partial charge < -0.3 is 15.8 Å². The number of nitrogens with zero attached hydrogens (tertiary/aromatic N) is 2. The summed E-state index contributed by atoms with van der Waals surface area (Å²) in [7, 11) is 0. The van der Waals surface area contributed by atoms with Gasteiger partial charge in [0.05, 0.1) is 0 Å². The molecule has 0 spiro atoms. The van der Waals surface area contributed by atoms with Crippen LogP contribution in [0.5, 0.6) is 0 Å². The molecule has 3 N–H and O–H groups in total. The van der Waals surface area contributed by atoms with Crippen LogP contribution < -0.4 is 10.6 Å². The highest BCUT2D eigenvalue weighted by Gasteiger charge is 2.04. The first-order valence-electron chi connectivity index (χ1n) is 5.04. The quantitative estimate of drug-likeness (QED) is 0.377. The minimum Gasteiger partial charge on any atom is -0.409 e. The second kappa shape index (κ2) is 10.1. The van der Waals surface area contributed by atoms with Crippen LogP contribution in [0.15, 0.2) is 35.5 Å². The van der Waals surface area contributed by atoms with Gasteiger partial charge in [0.15, 0.2) is 0 Å². The molecule has 0 amide bonds. The molecule has 6 heteroatoms. The van der Waals surface area contributed by atoms with Crippen molar-refractivity contribution in [3.63, 3.8) is 0 Å². The molecule has 17 heavy (non-hydrogen) atoms. The molecule has 0 aliphatic carbocycles. The van der Waals surface area contributed by atoms with E-state index in [4.69, 9.17) is 10.9 Å². The van der Waals surface area contributed by atoms with E-state index in [1.165, 1.54) is 0 Å². The van der Waals surface area contributed by atoms with E-state index in [1.807, 2.05) is 18.2 Å². The number of oxime groups is 1. The zero-order chi connectivity index (χ0) is 11.1. The van der Waals surface area contributed by atoms with Gasteiger partial charge in [-0.25, -0.2) is 0 Å². The molecule has 1 rings (SSSR count). The summed E-state index contributed by atoms with van der Waals surface area (Å²) in [4.78, 5) is 2.18. The van der Waals surface area contributed by atoms with Crippen molar-refractivity contribution in [2.24, 2.45) is 10.9 Å². The molecule has 0 aromatic heterocycles. The monoisotopic (exact) mass is 279 g/mol. The van der Waals surface area contributed by atoms with Crippen molar-refractivity contribution < 1.29 is 5.21 Å². The maximum absolute atomic E-state index is 8.44. The van der Waals surface area contributed by atoms with Gasteiger partial charge in [-0.1, -0.05) is 23.4 Å². The lowest BCUT2D eigenvalue weighted by molar-refractivity contribution is 0.317. The molecule has 0 aliphatic rings. The Morgan fingerprint density at radius 1 is 1.29 bits per heavy atom. The van der Waals surface area contributed by atoms with Crippen molar-refractivity contribution in [3.8, 4) is 0 Å². The minimum atomic E-state index is 0. The number of benzene rings is 1. The minimum absolute atomic E-state index is 0. The highest BCUT2D eigenvalue weighted by molar-refractivity contribution is 5.85. The number of anilines is 1. The molecular formula is C11H19Cl2N3O. The first-order chi connectivity index (χ1) is 7.27. The van der Waals surface area contributed by atoms with Gasteiger partial charge in [0.25, 0.3) is 0 Å². The Labute approximate surface area is 114 Å². The van der Waals surface area contributed by atoms with Gasteiger partial charge in [0, 0.05) is 25.2 Å². The molecule has 1 aromatic carbocycles. The summed E-state index contributed by atoms with van der Waals surface area (Å²) in [5, 5.41) is 11.4. The fraction of sp³-hybridized carbons (Fsp3) is 0.364. The van der Waals surface area contributed by atoms with Gasteiger partial charge in [0.2, 0.25) is 0 Å². The van der Waals surface area contributed by atoms with E-state index < -0.39 is 0 Å². The molecule has 0 atom stereocenters. The third kappa shape index (κ3) is 6.24. The number of hydrogen-bond acceptors (Lipinski definition) is 3. The summed E-state index contributed by atoms with van der Waals surface area (Å²) >= 11 is 0. The molecule has 0 saturated heterocycles. The van der Waals surface area contributed by atoms with Gasteiger partial charge >= 0.3 is 0 Å². The predicted octanol–water partition coefficient (Wildman–Crippen LogP) is 2.49. The third-order valence-electron chi connectivity index (χ3n) is 2.27. The lowest BCUT2D eigenvalue weighted by atomic mass is 10.2. The average molecular weight is 280 g/mol. The van der Waals surface area contributed by atoms with Gasteiger partial charge in [0.1, 0.15) is 5.84 Å². The van der Waals surface area contributed by atoms with Crippen molar-refractivity contribution in [1.29, 1.82) is 0 Å². The summed E-state index contributed by atoms with van der Waals surface area (Å²) in [5.74, 6) is 0.268. The molecule has 0 fully saturated rings. The Bertz CT molecular complexity index is 320. The maximum Gasteiger partial charge on any atom is 0.140 e. The first-order valence-corrected chi connectivity index (χ1v) is 5.04. The number of amidine groups is 1. The van der Waals surface area contributed by atoms with E-state index in [-0.39, 0.29) is 30.6 Å². The molecule has 0 unspecified atom stereocenters. The fourth-order valence-electron chi connectivity index (χ4n) is 1.41. The molecule has 0 aliphatic heterocycles. The molecule has 0 bridgehead atoms. The Hall–Kier alpha value is -1.13. The second-order valence-electron chi connectivity index (χ2n) is 3.26. The van der Waals surface area contributed by atoms with E-state index in [1.54, 1.807) is 0 Å². The van der Waals surface area contributed by atoms with Gasteiger partial charge in [-0.05, 0) is 19.1 Å². The molecule has 0 heterocycles. The molecule has 0 radical (unpaired) electrons. The number of halogens is 2. The summed E-state index contributed by atoms with van der Waals surface area (Å²) in [5.41, 5.74) is 6.59. The van der Waals surface area contributed by atoms with Crippen molar-refractivity contribution in [2.45, 2.75) is 13.3 Å². The lowest BCUT2D eigenvalue weighted by Gasteiger charge is -2.22. The predicted molar refractivity (Wildman–Crippen MR) is 76.9 cm³/mol. The summed E-state index contributed by atoms with van der Waals surface area (Å²) in [6.45, 7) is 3.75. The van der Waals surface area contributed by atoms with Crippen molar-refractivity contribution in [2.75, 3.05) is 18.0 Å². The van der Waals surface area contributed by atoms with Crippen molar-refractivity contribution in [3.05, 3.63) is 30.3 Å². The van der Waals surface area contributed by atoms with Gasteiger partial charge in [-0.2, -0.15) is 0 Å². The third-order valence-corrected chi connectivity index (χ3v) is 2.27. The van der Waals surface area contributed by atoms with E-state index in [2.05, 4.69) is 29.1 Å². The molecule has 1 aromatic rings. The number of nitrogens with two attached hydrogens (primary N) is 1. The number of para-hydroxylation sites is 1. The van der Waals surface area contributed by atoms with Crippen LogP contribution in [0.1, 0.15) is 13.3 Å². The van der Waals surface area contributed by atoms with Crippen LogP contribution in [0, 0.1) is 0 Å². The van der Waals surface area contributed by atoms with Crippen LogP contribution in [0.4, 0.5) is 5.69 Å². The molecule has 98 valence electrons. The standard InChI is InChI=1S/C11H17N3O.2ClH/c1-2-14(9-8-11(12)13-15)10-6-4-3-5-7-10;;/h3-7,15H,2,8-9H2,1H3,(H2,12,13);2*1H. The van der Waals surface area contributed by atoms with E-state index in [9.17, 15) is 0 Å².